The van der Waals surface area contributed by atoms with Crippen molar-refractivity contribution in [1.29, 1.82) is 0 Å². The summed E-state index contributed by atoms with van der Waals surface area (Å²) < 4.78 is 181. The van der Waals surface area contributed by atoms with Gasteiger partial charge in [0.15, 0.2) is 16.6 Å². The zero-order valence-corrected chi connectivity index (χ0v) is 64.8. The van der Waals surface area contributed by atoms with Crippen LogP contribution in [0.3, 0.4) is 0 Å². The number of carbonyl (C=O) groups excluding carboxylic acids is 1. The van der Waals surface area contributed by atoms with Gasteiger partial charge in [-0.25, -0.2) is 0 Å². The predicted molar refractivity (Wildman–Crippen MR) is 387 cm³/mol. The second-order valence-corrected chi connectivity index (χ2v) is 62.8. The topological polar surface area (TPSA) is 87.7 Å². The van der Waals surface area contributed by atoms with E-state index < -0.39 is 42.1 Å². The number of hydrogen-bond donors (Lipinski definition) is 1. The summed E-state index contributed by atoms with van der Waals surface area (Å²) in [6.45, 7) is 24.0. The van der Waals surface area contributed by atoms with Crippen molar-refractivity contribution in [3.63, 3.8) is 0 Å². The number of fused-ring (bicyclic) bond motifs is 2. The van der Waals surface area contributed by atoms with Crippen LogP contribution in [0.25, 0.3) is 22.3 Å². The summed E-state index contributed by atoms with van der Waals surface area (Å²) in [5.74, 6) is -1.20. The van der Waals surface area contributed by atoms with E-state index in [0.29, 0.717) is 80.5 Å². The van der Waals surface area contributed by atoms with Crippen LogP contribution in [-0.2, 0) is 26.5 Å². The number of carbonyl (C=O) groups is 1. The molecule has 7 unspecified atom stereocenters. The Bertz CT molecular complexity index is 3420. The minimum atomic E-state index is -4.81. The number of aldehydes is 1. The van der Waals surface area contributed by atoms with E-state index in [1.54, 1.807) is 36.4 Å². The molecule has 6 aromatic rings. The van der Waals surface area contributed by atoms with Crippen molar-refractivity contribution in [1.82, 2.24) is 0 Å². The first-order valence-electron chi connectivity index (χ1n) is 29.9. The van der Waals surface area contributed by atoms with Crippen molar-refractivity contribution >= 4 is 99.9 Å². The van der Waals surface area contributed by atoms with Crippen molar-refractivity contribution in [2.24, 2.45) is 0 Å². The van der Waals surface area contributed by atoms with Crippen molar-refractivity contribution in [2.75, 3.05) is 30.0 Å². The average molecular weight is 1530 g/mol. The summed E-state index contributed by atoms with van der Waals surface area (Å²) in [6, 6.07) is 34.0. The highest BCUT2D eigenvalue weighted by atomic mass is 33.1. The van der Waals surface area contributed by atoms with Gasteiger partial charge < -0.3 is 42.8 Å². The minimum Gasteiger partial charge on any atom is -0.417 e. The SMILES string of the molecule is CC(C)(C)[Si](C)(C)OCCC=O.CC(C)(C)[Si](C)(C)OCCCN1c2cccc(-c3cccc(OC(F)(F)F)c3)c2CCC1c1cccc(OC(F)(F)F)c1.FC(F)(F)Oc1cccc(-c2cccc3c2CCC(c2cccc(OC(F)(F)F)c2)N3)c1.PP(P)P(P)P(P)P. The molecule has 0 aliphatic carbocycles. The Labute approximate surface area is 567 Å². The maximum Gasteiger partial charge on any atom is 0.573 e. The zero-order chi connectivity index (χ0) is 71.1. The van der Waals surface area contributed by atoms with Crippen LogP contribution in [0.2, 0.25) is 36.3 Å². The molecule has 9 nitrogen and oxygen atoms in total. The van der Waals surface area contributed by atoms with E-state index in [-0.39, 0.29) is 66.1 Å². The summed E-state index contributed by atoms with van der Waals surface area (Å²) in [5, 5.41) is 3.61. The molecule has 2 aliphatic rings. The van der Waals surface area contributed by atoms with Crippen LogP contribution in [-0.4, -0.2) is 68.1 Å². The highest BCUT2D eigenvalue weighted by Gasteiger charge is 2.40. The van der Waals surface area contributed by atoms with Crippen LogP contribution in [0.15, 0.2) is 133 Å². The summed E-state index contributed by atoms with van der Waals surface area (Å²) >= 11 is 0. The van der Waals surface area contributed by atoms with E-state index in [0.717, 1.165) is 39.9 Å². The molecule has 8 rings (SSSR count). The lowest BCUT2D eigenvalue weighted by atomic mass is 9.86. The molecular formula is C64H84F12N2O7P8Si2. The number of ether oxygens (including phenoxy) is 4. The van der Waals surface area contributed by atoms with Gasteiger partial charge in [0, 0.05) is 37.6 Å². The molecule has 0 spiro atoms. The maximum atomic E-state index is 13.0. The van der Waals surface area contributed by atoms with E-state index in [9.17, 15) is 57.5 Å². The van der Waals surface area contributed by atoms with Gasteiger partial charge in [0.2, 0.25) is 0 Å². The number of anilines is 2. The number of rotatable bonds is 19. The molecule has 2 aliphatic heterocycles. The Morgan fingerprint density at radius 1 is 0.516 bits per heavy atom. The fourth-order valence-electron chi connectivity index (χ4n) is 9.71. The number of benzene rings is 6. The molecule has 0 saturated heterocycles. The van der Waals surface area contributed by atoms with Crippen LogP contribution >= 0.6 is 65.6 Å². The summed E-state index contributed by atoms with van der Waals surface area (Å²) in [5.41, 5.74) is 7.53. The van der Waals surface area contributed by atoms with Crippen LogP contribution in [0.1, 0.15) is 102 Å². The third-order valence-corrected chi connectivity index (χ3v) is 63.1. The van der Waals surface area contributed by atoms with Crippen LogP contribution < -0.4 is 29.2 Å². The Balaban J connectivity index is 0.000000273. The third-order valence-electron chi connectivity index (χ3n) is 16.2. The Kier molecular flexibility index (Phi) is 30.7. The normalized spacial score (nSPS) is 15.4. The molecule has 0 fully saturated rings. The van der Waals surface area contributed by atoms with Crippen molar-refractivity contribution < 1.29 is 85.3 Å². The highest BCUT2D eigenvalue weighted by molar-refractivity contribution is 9.06. The Hall–Kier alpha value is -3.26. The number of alkyl halides is 12. The second kappa shape index (κ2) is 35.4. The molecule has 0 amide bonds. The standard InChI is InChI=1S/C32H37F6NO3Si.C23H17F6NO2.C9H20O2Si.H10P8/c1-30(2,3)43(4,5)40-19-9-18-39-28(23-11-7-13-25(21-23)42-32(36,37)38)17-16-27-26(14-8-15-29(27)39)22-10-6-12-24(20-22)41-31(33,34)35;24-22(25,26)31-16-6-1-4-14(12-16)18-8-3-9-21-19(18)10-11-20(30-21)15-5-2-7-17(13-15)32-23(27,28)29;1-9(2,3)12(4,5)11-8-6-7-10;1-6(2)8(5)7(3)4/h6-8,10-15,20-21,28H,9,16-19H2,1-5H3;1-9,12-13,20,30H,10-11H2;7H,6,8H2,1-5H3;1-5H2. The average Bonchev–Trinajstić information content (AvgIpc) is 0.773. The van der Waals surface area contributed by atoms with Crippen molar-refractivity contribution in [3.05, 3.63) is 156 Å². The molecule has 0 radical (unpaired) electrons. The van der Waals surface area contributed by atoms with Gasteiger partial charge in [0.1, 0.15) is 29.3 Å². The predicted octanol–water partition coefficient (Wildman–Crippen LogP) is 24.1. The van der Waals surface area contributed by atoms with Crippen molar-refractivity contribution in [3.8, 4) is 45.3 Å². The lowest BCUT2D eigenvalue weighted by Crippen LogP contribution is -2.41. The van der Waals surface area contributed by atoms with Gasteiger partial charge in [0.25, 0.3) is 0 Å². The van der Waals surface area contributed by atoms with Gasteiger partial charge in [-0.2, -0.15) is 0 Å². The Morgan fingerprint density at radius 2 is 0.916 bits per heavy atom. The van der Waals surface area contributed by atoms with Gasteiger partial charge in [-0.15, -0.1) is 97.3 Å². The second-order valence-electron chi connectivity index (χ2n) is 25.1. The molecule has 2 heterocycles. The van der Waals surface area contributed by atoms with Crippen LogP contribution in [0.5, 0.6) is 23.0 Å². The summed E-state index contributed by atoms with van der Waals surface area (Å²) in [6.07, 6.45) is -14.7. The molecule has 31 heteroatoms. The number of hydrogen-bond acceptors (Lipinski definition) is 9. The highest BCUT2D eigenvalue weighted by Crippen LogP contribution is 3.00. The van der Waals surface area contributed by atoms with Crippen LogP contribution in [0, 0.1) is 0 Å². The molecule has 95 heavy (non-hydrogen) atoms. The van der Waals surface area contributed by atoms with Gasteiger partial charge >= 0.3 is 25.4 Å². The Morgan fingerprint density at radius 3 is 1.36 bits per heavy atom. The third kappa shape index (κ3) is 27.0. The first-order chi connectivity index (χ1) is 43.9. The number of halogens is 12. The molecule has 7 atom stereocenters. The van der Waals surface area contributed by atoms with E-state index in [2.05, 4.69) is 142 Å². The number of nitrogens with one attached hydrogen (secondary N) is 1. The first-order valence-corrected chi connectivity index (χ1v) is 49.3. The molecule has 6 aromatic carbocycles. The van der Waals surface area contributed by atoms with E-state index in [4.69, 9.17) is 8.85 Å². The summed E-state index contributed by atoms with van der Waals surface area (Å²) in [7, 11) is 10.8. The number of nitrogens with zero attached hydrogens (tertiary/aromatic N) is 1. The quantitative estimate of drug-likeness (QED) is 0.0280. The van der Waals surface area contributed by atoms with E-state index in [1.807, 2.05) is 30.3 Å². The van der Waals surface area contributed by atoms with E-state index in [1.165, 1.54) is 66.7 Å². The van der Waals surface area contributed by atoms with Gasteiger partial charge in [0.05, 0.1) is 12.1 Å². The van der Waals surface area contributed by atoms with Crippen molar-refractivity contribution in [2.45, 2.75) is 154 Å². The van der Waals surface area contributed by atoms with Gasteiger partial charge in [-0.1, -0.05) is 114 Å². The van der Waals surface area contributed by atoms with Crippen LogP contribution in [0.4, 0.5) is 64.1 Å². The fourth-order valence-corrected chi connectivity index (χ4v) is 40.7. The van der Waals surface area contributed by atoms with Gasteiger partial charge in [-0.05, 0) is 195 Å². The fraction of sp³-hybridized carbons (Fsp3) is 0.422. The van der Waals surface area contributed by atoms with Gasteiger partial charge in [-0.3, -0.25) is 0 Å². The molecule has 0 aromatic heterocycles. The summed E-state index contributed by atoms with van der Waals surface area (Å²) in [4.78, 5) is 12.2. The molecule has 524 valence electrons. The maximum absolute atomic E-state index is 13.0. The zero-order valence-electron chi connectivity index (χ0n) is 54.4. The largest absolute Gasteiger partial charge is 0.573 e. The molecule has 1 N–H and O–H groups in total. The molecule has 0 bridgehead atoms. The monoisotopic (exact) mass is 1520 g/mol. The van der Waals surface area contributed by atoms with E-state index >= 15 is 0 Å². The molecular weight excluding hydrogens is 1440 g/mol. The lowest BCUT2D eigenvalue weighted by molar-refractivity contribution is -0.275. The molecule has 0 saturated carbocycles. The first kappa shape index (κ1) is 82.4. The minimum absolute atomic E-state index is 0.0471. The lowest BCUT2D eigenvalue weighted by Gasteiger charge is -2.41. The smallest absolute Gasteiger partial charge is 0.417 e.